The highest BCUT2D eigenvalue weighted by Gasteiger charge is 2.30. The van der Waals surface area contributed by atoms with Gasteiger partial charge in [-0.05, 0) is 45.6 Å². The summed E-state index contributed by atoms with van der Waals surface area (Å²) in [7, 11) is 0. The third-order valence-electron chi connectivity index (χ3n) is 4.54. The number of carbonyl (C=O) groups is 1. The zero-order valence-corrected chi connectivity index (χ0v) is 12.8. The van der Waals surface area contributed by atoms with Gasteiger partial charge in [-0.1, -0.05) is 6.92 Å². The molecule has 2 unspecified atom stereocenters. The lowest BCUT2D eigenvalue weighted by Crippen LogP contribution is -2.46. The van der Waals surface area contributed by atoms with Gasteiger partial charge in [0, 0.05) is 24.8 Å². The van der Waals surface area contributed by atoms with E-state index in [4.69, 9.17) is 5.73 Å². The summed E-state index contributed by atoms with van der Waals surface area (Å²) in [5, 5.41) is 4.33. The molecule has 5 heteroatoms. The monoisotopic (exact) mass is 278 g/mol. The van der Waals surface area contributed by atoms with Crippen LogP contribution in [0.5, 0.6) is 0 Å². The molecule has 1 saturated heterocycles. The molecule has 2 N–H and O–H groups in total. The standard InChI is InChI=1S/C15H26N4O/c1-11-6-4-8-18(12(11)2)15(20)14-10-17-19(13(14)3)9-5-7-16/h10-12H,4-9,16H2,1-3H3. The summed E-state index contributed by atoms with van der Waals surface area (Å²) in [6.07, 6.45) is 4.89. The molecule has 1 aromatic heterocycles. The summed E-state index contributed by atoms with van der Waals surface area (Å²) >= 11 is 0. The van der Waals surface area contributed by atoms with Gasteiger partial charge in [0.25, 0.3) is 5.91 Å². The number of hydrogen-bond donors (Lipinski definition) is 1. The van der Waals surface area contributed by atoms with Crippen molar-refractivity contribution in [3.05, 3.63) is 17.5 Å². The van der Waals surface area contributed by atoms with Crippen LogP contribution >= 0.6 is 0 Å². The van der Waals surface area contributed by atoms with E-state index in [0.29, 0.717) is 18.5 Å². The van der Waals surface area contributed by atoms with E-state index in [0.717, 1.165) is 37.2 Å². The van der Waals surface area contributed by atoms with Crippen LogP contribution in [0, 0.1) is 12.8 Å². The molecule has 0 spiro atoms. The van der Waals surface area contributed by atoms with Crippen LogP contribution in [0.1, 0.15) is 49.2 Å². The summed E-state index contributed by atoms with van der Waals surface area (Å²) in [6.45, 7) is 8.62. The number of aromatic nitrogens is 2. The summed E-state index contributed by atoms with van der Waals surface area (Å²) in [6, 6.07) is 0.308. The molecule has 1 aliphatic heterocycles. The first-order chi connectivity index (χ1) is 9.56. The molecular weight excluding hydrogens is 252 g/mol. The lowest BCUT2D eigenvalue weighted by Gasteiger charge is -2.37. The molecule has 0 radical (unpaired) electrons. The predicted molar refractivity (Wildman–Crippen MR) is 79.5 cm³/mol. The van der Waals surface area contributed by atoms with Crippen LogP contribution in [0.3, 0.4) is 0 Å². The second-order valence-corrected chi connectivity index (χ2v) is 5.87. The SMILES string of the molecule is Cc1c(C(=O)N2CCCC(C)C2C)cnn1CCCN. The highest BCUT2D eigenvalue weighted by molar-refractivity contribution is 5.95. The van der Waals surface area contributed by atoms with Gasteiger partial charge in [-0.3, -0.25) is 9.48 Å². The van der Waals surface area contributed by atoms with Gasteiger partial charge in [0.05, 0.1) is 11.8 Å². The Morgan fingerprint density at radius 2 is 2.25 bits per heavy atom. The van der Waals surface area contributed by atoms with Gasteiger partial charge < -0.3 is 10.6 Å². The Hall–Kier alpha value is -1.36. The minimum Gasteiger partial charge on any atom is -0.336 e. The van der Waals surface area contributed by atoms with Gasteiger partial charge in [0.15, 0.2) is 0 Å². The molecule has 0 aliphatic carbocycles. The van der Waals surface area contributed by atoms with Crippen molar-refractivity contribution < 1.29 is 4.79 Å². The quantitative estimate of drug-likeness (QED) is 0.913. The van der Waals surface area contributed by atoms with Crippen molar-refractivity contribution >= 4 is 5.91 Å². The number of amides is 1. The minimum absolute atomic E-state index is 0.126. The fourth-order valence-electron chi connectivity index (χ4n) is 2.90. The van der Waals surface area contributed by atoms with E-state index >= 15 is 0 Å². The molecular formula is C15H26N4O. The third kappa shape index (κ3) is 2.87. The van der Waals surface area contributed by atoms with Gasteiger partial charge in [0.1, 0.15) is 0 Å². The smallest absolute Gasteiger partial charge is 0.257 e. The second kappa shape index (κ2) is 6.39. The summed E-state index contributed by atoms with van der Waals surface area (Å²) < 4.78 is 1.89. The molecule has 1 amide bonds. The number of aryl methyl sites for hydroxylation is 1. The maximum Gasteiger partial charge on any atom is 0.257 e. The number of carbonyl (C=O) groups excluding carboxylic acids is 1. The number of nitrogens with two attached hydrogens (primary N) is 1. The van der Waals surface area contributed by atoms with Crippen molar-refractivity contribution in [1.82, 2.24) is 14.7 Å². The Kier molecular flexibility index (Phi) is 4.81. The molecule has 0 saturated carbocycles. The van der Waals surface area contributed by atoms with E-state index in [1.54, 1.807) is 6.20 Å². The molecule has 1 fully saturated rings. The largest absolute Gasteiger partial charge is 0.336 e. The normalized spacial score (nSPS) is 23.1. The average molecular weight is 278 g/mol. The Balaban J connectivity index is 2.14. The number of likely N-dealkylation sites (tertiary alicyclic amines) is 1. The summed E-state index contributed by atoms with van der Waals surface area (Å²) in [4.78, 5) is 14.7. The molecule has 20 heavy (non-hydrogen) atoms. The summed E-state index contributed by atoms with van der Waals surface area (Å²) in [5.74, 6) is 0.695. The fraction of sp³-hybridized carbons (Fsp3) is 0.733. The van der Waals surface area contributed by atoms with Crippen LogP contribution in [0.4, 0.5) is 0 Å². The predicted octanol–water partition coefficient (Wildman–Crippen LogP) is 1.80. The van der Waals surface area contributed by atoms with Crippen LogP contribution in [-0.2, 0) is 6.54 Å². The zero-order chi connectivity index (χ0) is 14.7. The lowest BCUT2D eigenvalue weighted by atomic mass is 9.91. The van der Waals surface area contributed by atoms with Gasteiger partial charge in [-0.2, -0.15) is 5.10 Å². The van der Waals surface area contributed by atoms with Crippen molar-refractivity contribution in [2.24, 2.45) is 11.7 Å². The topological polar surface area (TPSA) is 64.2 Å². The van der Waals surface area contributed by atoms with E-state index in [1.165, 1.54) is 6.42 Å². The molecule has 0 aromatic carbocycles. The molecule has 0 bridgehead atoms. The average Bonchev–Trinajstić information content (AvgIpc) is 2.80. The van der Waals surface area contributed by atoms with E-state index in [-0.39, 0.29) is 5.91 Å². The number of nitrogens with zero attached hydrogens (tertiary/aromatic N) is 3. The van der Waals surface area contributed by atoms with E-state index in [9.17, 15) is 4.79 Å². The van der Waals surface area contributed by atoms with Crippen molar-refractivity contribution in [3.63, 3.8) is 0 Å². The van der Waals surface area contributed by atoms with Crippen molar-refractivity contribution in [2.45, 2.75) is 52.6 Å². The van der Waals surface area contributed by atoms with Crippen LogP contribution in [0.2, 0.25) is 0 Å². The first kappa shape index (κ1) is 15.0. The van der Waals surface area contributed by atoms with Crippen molar-refractivity contribution in [1.29, 1.82) is 0 Å². The first-order valence-corrected chi connectivity index (χ1v) is 7.59. The Bertz CT molecular complexity index is 468. The maximum atomic E-state index is 12.7. The molecule has 1 aromatic rings. The molecule has 5 nitrogen and oxygen atoms in total. The van der Waals surface area contributed by atoms with Crippen LogP contribution in [0.25, 0.3) is 0 Å². The van der Waals surface area contributed by atoms with Gasteiger partial charge in [-0.25, -0.2) is 0 Å². The third-order valence-corrected chi connectivity index (χ3v) is 4.54. The van der Waals surface area contributed by atoms with E-state index < -0.39 is 0 Å². The van der Waals surface area contributed by atoms with Crippen LogP contribution in [-0.4, -0.2) is 39.7 Å². The van der Waals surface area contributed by atoms with Crippen molar-refractivity contribution in [3.8, 4) is 0 Å². The highest BCUT2D eigenvalue weighted by atomic mass is 16.2. The van der Waals surface area contributed by atoms with Gasteiger partial charge in [-0.15, -0.1) is 0 Å². The highest BCUT2D eigenvalue weighted by Crippen LogP contribution is 2.25. The second-order valence-electron chi connectivity index (χ2n) is 5.87. The summed E-state index contributed by atoms with van der Waals surface area (Å²) in [5.41, 5.74) is 7.22. The molecule has 2 rings (SSSR count). The van der Waals surface area contributed by atoms with Crippen molar-refractivity contribution in [2.75, 3.05) is 13.1 Å². The first-order valence-electron chi connectivity index (χ1n) is 7.59. The number of rotatable bonds is 4. The Labute approximate surface area is 121 Å². The molecule has 112 valence electrons. The van der Waals surface area contributed by atoms with Crippen LogP contribution < -0.4 is 5.73 Å². The zero-order valence-electron chi connectivity index (χ0n) is 12.8. The fourth-order valence-corrected chi connectivity index (χ4v) is 2.90. The molecule has 2 heterocycles. The Morgan fingerprint density at radius 3 is 2.95 bits per heavy atom. The lowest BCUT2D eigenvalue weighted by molar-refractivity contribution is 0.0550. The number of piperidine rings is 1. The van der Waals surface area contributed by atoms with Gasteiger partial charge >= 0.3 is 0 Å². The number of hydrogen-bond acceptors (Lipinski definition) is 3. The maximum absolute atomic E-state index is 12.7. The molecule has 1 aliphatic rings. The minimum atomic E-state index is 0.126. The van der Waals surface area contributed by atoms with Gasteiger partial charge in [0.2, 0.25) is 0 Å². The molecule has 2 atom stereocenters. The Morgan fingerprint density at radius 1 is 1.50 bits per heavy atom. The van der Waals surface area contributed by atoms with E-state index in [2.05, 4.69) is 18.9 Å². The van der Waals surface area contributed by atoms with Crippen LogP contribution in [0.15, 0.2) is 6.20 Å². The van der Waals surface area contributed by atoms with E-state index in [1.807, 2.05) is 16.5 Å².